The highest BCUT2D eigenvalue weighted by Crippen LogP contribution is 1.92. The molecule has 0 bridgehead atoms. The second-order valence-electron chi connectivity index (χ2n) is 2.19. The van der Waals surface area contributed by atoms with Crippen LogP contribution in [0.1, 0.15) is 6.92 Å². The van der Waals surface area contributed by atoms with Crippen molar-refractivity contribution in [1.29, 1.82) is 0 Å². The van der Waals surface area contributed by atoms with E-state index in [1.165, 1.54) is 0 Å². The minimum absolute atomic E-state index is 0.0567. The normalized spacial score (nSPS) is 27.9. The molecule has 0 aromatic rings. The van der Waals surface area contributed by atoms with Crippen molar-refractivity contribution >= 4 is 5.78 Å². The van der Waals surface area contributed by atoms with Crippen LogP contribution in [-0.4, -0.2) is 31.6 Å². The highest BCUT2D eigenvalue weighted by molar-refractivity contribution is 5.81. The average molecular weight is 129 g/mol. The third-order valence-electron chi connectivity index (χ3n) is 1.41. The Kier molecular flexibility index (Phi) is 2.19. The van der Waals surface area contributed by atoms with E-state index in [9.17, 15) is 4.79 Å². The third-order valence-corrected chi connectivity index (χ3v) is 1.41. The van der Waals surface area contributed by atoms with Crippen LogP contribution in [0.3, 0.4) is 0 Å². The van der Waals surface area contributed by atoms with Gasteiger partial charge in [-0.05, 0) is 6.92 Å². The number of Topliss-reactive ketones (excluding diaryl/α,β-unsaturated/α-hetero) is 1. The van der Waals surface area contributed by atoms with Gasteiger partial charge in [0.25, 0.3) is 0 Å². The maximum Gasteiger partial charge on any atom is 0.149 e. The number of carbonyl (C=O) groups excluding carboxylic acids is 1. The predicted molar refractivity (Wildman–Crippen MR) is 33.3 cm³/mol. The molecule has 1 saturated heterocycles. The molecule has 3 heteroatoms. The van der Waals surface area contributed by atoms with Crippen LogP contribution in [0.25, 0.3) is 0 Å². The van der Waals surface area contributed by atoms with Gasteiger partial charge in [-0.2, -0.15) is 0 Å². The van der Waals surface area contributed by atoms with Gasteiger partial charge in [-0.25, -0.2) is 0 Å². The number of ether oxygens (including phenoxy) is 1. The largest absolute Gasteiger partial charge is 0.378 e. The first-order valence-electron chi connectivity index (χ1n) is 3.12. The number of nitrogens with one attached hydrogen (secondary N) is 1. The molecule has 1 rings (SSSR count). The molecule has 0 spiro atoms. The van der Waals surface area contributed by atoms with Gasteiger partial charge in [0.2, 0.25) is 0 Å². The molecule has 1 aliphatic rings. The van der Waals surface area contributed by atoms with Crippen molar-refractivity contribution in [2.75, 3.05) is 19.8 Å². The summed E-state index contributed by atoms with van der Waals surface area (Å²) in [5, 5.41) is 3.04. The fourth-order valence-electron chi connectivity index (χ4n) is 0.827. The van der Waals surface area contributed by atoms with E-state index in [4.69, 9.17) is 4.74 Å². The Morgan fingerprint density at radius 1 is 1.78 bits per heavy atom. The van der Waals surface area contributed by atoms with Crippen molar-refractivity contribution in [3.63, 3.8) is 0 Å². The van der Waals surface area contributed by atoms with Gasteiger partial charge < -0.3 is 10.1 Å². The Hall–Kier alpha value is -0.410. The Bertz CT molecular complexity index is 108. The molecule has 0 amide bonds. The van der Waals surface area contributed by atoms with Gasteiger partial charge in [0.1, 0.15) is 5.78 Å². The molecule has 1 atom stereocenters. The Morgan fingerprint density at radius 2 is 2.56 bits per heavy atom. The van der Waals surface area contributed by atoms with Crippen LogP contribution < -0.4 is 5.32 Å². The molecule has 1 N–H and O–H groups in total. The lowest BCUT2D eigenvalue weighted by atomic mass is 10.2. The minimum Gasteiger partial charge on any atom is -0.378 e. The van der Waals surface area contributed by atoms with E-state index in [1.54, 1.807) is 6.92 Å². The highest BCUT2D eigenvalue weighted by atomic mass is 16.5. The third kappa shape index (κ3) is 1.77. The zero-order valence-corrected chi connectivity index (χ0v) is 5.52. The second kappa shape index (κ2) is 2.94. The van der Waals surface area contributed by atoms with E-state index in [0.717, 1.165) is 13.2 Å². The number of rotatable bonds is 1. The molecule has 52 valence electrons. The lowest BCUT2D eigenvalue weighted by Crippen LogP contribution is -2.45. The van der Waals surface area contributed by atoms with Crippen molar-refractivity contribution in [2.45, 2.75) is 13.0 Å². The first-order chi connectivity index (χ1) is 4.30. The molecular formula is C6H11NO2. The number of morpholine rings is 1. The topological polar surface area (TPSA) is 38.3 Å². The number of ketones is 1. The standard InChI is InChI=1S/C6H11NO2/c1-5(8)6-4-9-3-2-7-6/h6-7H,2-4H2,1H3. The Balaban J connectivity index is 2.31. The molecule has 1 heterocycles. The van der Waals surface area contributed by atoms with Gasteiger partial charge >= 0.3 is 0 Å². The van der Waals surface area contributed by atoms with E-state index >= 15 is 0 Å². The molecule has 3 nitrogen and oxygen atoms in total. The first kappa shape index (κ1) is 6.71. The molecule has 0 saturated carbocycles. The van der Waals surface area contributed by atoms with Crippen LogP contribution in [-0.2, 0) is 9.53 Å². The van der Waals surface area contributed by atoms with E-state index in [0.29, 0.717) is 6.61 Å². The predicted octanol–water partition coefficient (Wildman–Crippen LogP) is -0.436. The van der Waals surface area contributed by atoms with Crippen LogP contribution in [0.15, 0.2) is 0 Å². The molecule has 0 aromatic carbocycles. The van der Waals surface area contributed by atoms with Crippen LogP contribution in [0.5, 0.6) is 0 Å². The second-order valence-corrected chi connectivity index (χ2v) is 2.19. The van der Waals surface area contributed by atoms with Crippen molar-refractivity contribution in [3.8, 4) is 0 Å². The Labute approximate surface area is 54.4 Å². The lowest BCUT2D eigenvalue weighted by molar-refractivity contribution is -0.121. The monoisotopic (exact) mass is 129 g/mol. The molecular weight excluding hydrogens is 118 g/mol. The number of hydrogen-bond donors (Lipinski definition) is 1. The summed E-state index contributed by atoms with van der Waals surface area (Å²) in [4.78, 5) is 10.7. The zero-order chi connectivity index (χ0) is 6.69. The van der Waals surface area contributed by atoms with Crippen LogP contribution >= 0.6 is 0 Å². The van der Waals surface area contributed by atoms with Crippen LogP contribution in [0.2, 0.25) is 0 Å². The summed E-state index contributed by atoms with van der Waals surface area (Å²) in [5.41, 5.74) is 0. The lowest BCUT2D eigenvalue weighted by Gasteiger charge is -2.20. The highest BCUT2D eigenvalue weighted by Gasteiger charge is 2.16. The van der Waals surface area contributed by atoms with Gasteiger partial charge in [0.05, 0.1) is 19.3 Å². The smallest absolute Gasteiger partial charge is 0.149 e. The summed E-state index contributed by atoms with van der Waals surface area (Å²) < 4.78 is 5.06. The summed E-state index contributed by atoms with van der Waals surface area (Å²) in [6.45, 7) is 3.63. The van der Waals surface area contributed by atoms with Crippen molar-refractivity contribution < 1.29 is 9.53 Å². The van der Waals surface area contributed by atoms with Gasteiger partial charge in [-0.15, -0.1) is 0 Å². The maximum absolute atomic E-state index is 10.7. The zero-order valence-electron chi connectivity index (χ0n) is 5.52. The van der Waals surface area contributed by atoms with Gasteiger partial charge in [-0.3, -0.25) is 4.79 Å². The van der Waals surface area contributed by atoms with Crippen molar-refractivity contribution in [1.82, 2.24) is 5.32 Å². The summed E-state index contributed by atoms with van der Waals surface area (Å²) >= 11 is 0. The Morgan fingerprint density at radius 3 is 2.89 bits per heavy atom. The number of hydrogen-bond acceptors (Lipinski definition) is 3. The van der Waals surface area contributed by atoms with E-state index in [-0.39, 0.29) is 11.8 Å². The van der Waals surface area contributed by atoms with Crippen LogP contribution in [0.4, 0.5) is 0 Å². The summed E-state index contributed by atoms with van der Waals surface area (Å²) in [5.74, 6) is 0.162. The summed E-state index contributed by atoms with van der Waals surface area (Å²) in [6, 6.07) is -0.0567. The fraction of sp³-hybridized carbons (Fsp3) is 0.833. The first-order valence-corrected chi connectivity index (χ1v) is 3.12. The minimum atomic E-state index is -0.0567. The van der Waals surface area contributed by atoms with Gasteiger partial charge in [0, 0.05) is 6.54 Å². The SMILES string of the molecule is CC(=O)C1COCCN1. The van der Waals surface area contributed by atoms with Gasteiger partial charge in [-0.1, -0.05) is 0 Å². The molecule has 1 aliphatic heterocycles. The van der Waals surface area contributed by atoms with Crippen LogP contribution in [0, 0.1) is 0 Å². The molecule has 0 aromatic heterocycles. The van der Waals surface area contributed by atoms with Crippen molar-refractivity contribution in [2.24, 2.45) is 0 Å². The maximum atomic E-state index is 10.7. The van der Waals surface area contributed by atoms with E-state index in [2.05, 4.69) is 5.32 Å². The molecule has 1 fully saturated rings. The summed E-state index contributed by atoms with van der Waals surface area (Å²) in [6.07, 6.45) is 0. The summed E-state index contributed by atoms with van der Waals surface area (Å²) in [7, 11) is 0. The van der Waals surface area contributed by atoms with Crippen molar-refractivity contribution in [3.05, 3.63) is 0 Å². The number of carbonyl (C=O) groups is 1. The van der Waals surface area contributed by atoms with Gasteiger partial charge in [0.15, 0.2) is 0 Å². The fourth-order valence-corrected chi connectivity index (χ4v) is 0.827. The van der Waals surface area contributed by atoms with E-state index in [1.807, 2.05) is 0 Å². The molecule has 1 unspecified atom stereocenters. The molecule has 0 aliphatic carbocycles. The quantitative estimate of drug-likeness (QED) is 0.522. The molecule has 9 heavy (non-hydrogen) atoms. The van der Waals surface area contributed by atoms with E-state index < -0.39 is 0 Å². The molecule has 0 radical (unpaired) electrons. The average Bonchev–Trinajstić information content (AvgIpc) is 1.90.